The van der Waals surface area contributed by atoms with Gasteiger partial charge in [-0.2, -0.15) is 0 Å². The van der Waals surface area contributed by atoms with E-state index in [9.17, 15) is 5.11 Å². The van der Waals surface area contributed by atoms with Crippen LogP contribution in [0.3, 0.4) is 0 Å². The number of aliphatic hydroxyl groups is 1. The van der Waals surface area contributed by atoms with Crippen molar-refractivity contribution < 1.29 is 9.52 Å². The first kappa shape index (κ1) is 18.1. The molecule has 0 aliphatic heterocycles. The third kappa shape index (κ3) is 6.46. The number of hydrogen-bond donors (Lipinski definition) is 3. The molecule has 130 valence electrons. The maximum absolute atomic E-state index is 10.2. The monoisotopic (exact) mass is 329 g/mol. The summed E-state index contributed by atoms with van der Waals surface area (Å²) < 4.78 is 5.33. The van der Waals surface area contributed by atoms with Crippen LogP contribution in [0.15, 0.2) is 58.1 Å². The SMILES string of the molecule is CCCCNC(=NCC(O)c1ccccc1)NCCc1ccco1. The quantitative estimate of drug-likeness (QED) is 0.376. The first-order chi connectivity index (χ1) is 11.8. The van der Waals surface area contributed by atoms with E-state index in [0.29, 0.717) is 6.54 Å². The van der Waals surface area contributed by atoms with Crippen molar-refractivity contribution in [3.05, 3.63) is 60.1 Å². The largest absolute Gasteiger partial charge is 0.469 e. The zero-order chi connectivity index (χ0) is 17.0. The molecule has 0 saturated heterocycles. The Hall–Kier alpha value is -2.27. The number of nitrogens with one attached hydrogen (secondary N) is 2. The Morgan fingerprint density at radius 2 is 1.92 bits per heavy atom. The molecule has 1 atom stereocenters. The Labute approximate surface area is 143 Å². The number of unbranched alkanes of at least 4 members (excludes halogenated alkanes) is 1. The van der Waals surface area contributed by atoms with Crippen molar-refractivity contribution >= 4 is 5.96 Å². The lowest BCUT2D eigenvalue weighted by Crippen LogP contribution is -2.39. The average Bonchev–Trinajstić information content (AvgIpc) is 3.13. The second kappa shape index (κ2) is 10.5. The first-order valence-electron chi connectivity index (χ1n) is 8.57. The number of benzene rings is 1. The van der Waals surface area contributed by atoms with E-state index in [1.165, 1.54) is 0 Å². The molecule has 0 aliphatic rings. The molecule has 0 spiro atoms. The summed E-state index contributed by atoms with van der Waals surface area (Å²) in [5, 5.41) is 16.8. The Morgan fingerprint density at radius 1 is 1.12 bits per heavy atom. The minimum atomic E-state index is -0.596. The standard InChI is InChI=1S/C19H27N3O2/c1-2-3-12-20-19(21-13-11-17-10-7-14-24-17)22-15-18(23)16-8-5-4-6-9-16/h4-10,14,18,23H,2-3,11-13,15H2,1H3,(H2,20,21,22). The van der Waals surface area contributed by atoms with Crippen LogP contribution in [-0.2, 0) is 6.42 Å². The summed E-state index contributed by atoms with van der Waals surface area (Å²) >= 11 is 0. The summed E-state index contributed by atoms with van der Waals surface area (Å²) in [5.74, 6) is 1.67. The minimum Gasteiger partial charge on any atom is -0.469 e. The molecule has 0 saturated carbocycles. The maximum Gasteiger partial charge on any atom is 0.191 e. The smallest absolute Gasteiger partial charge is 0.191 e. The fourth-order valence-electron chi connectivity index (χ4n) is 2.28. The molecule has 0 fully saturated rings. The fourth-order valence-corrected chi connectivity index (χ4v) is 2.28. The molecule has 5 heteroatoms. The normalized spacial score (nSPS) is 12.8. The molecular weight excluding hydrogens is 302 g/mol. The zero-order valence-electron chi connectivity index (χ0n) is 14.2. The first-order valence-corrected chi connectivity index (χ1v) is 8.57. The minimum absolute atomic E-state index is 0.326. The van der Waals surface area contributed by atoms with Crippen LogP contribution in [0.2, 0.25) is 0 Å². The molecule has 0 bridgehead atoms. The summed E-state index contributed by atoms with van der Waals surface area (Å²) in [4.78, 5) is 4.50. The lowest BCUT2D eigenvalue weighted by molar-refractivity contribution is 0.187. The van der Waals surface area contributed by atoms with Gasteiger partial charge in [-0.05, 0) is 24.1 Å². The summed E-state index contributed by atoms with van der Waals surface area (Å²) in [6.45, 7) is 4.08. The number of nitrogens with zero attached hydrogens (tertiary/aromatic N) is 1. The van der Waals surface area contributed by atoms with Gasteiger partial charge in [0.15, 0.2) is 5.96 Å². The molecule has 0 radical (unpaired) electrons. The highest BCUT2D eigenvalue weighted by molar-refractivity contribution is 5.79. The van der Waals surface area contributed by atoms with E-state index in [2.05, 4.69) is 22.5 Å². The van der Waals surface area contributed by atoms with Crippen LogP contribution >= 0.6 is 0 Å². The fraction of sp³-hybridized carbons (Fsp3) is 0.421. The van der Waals surface area contributed by atoms with Gasteiger partial charge in [0.2, 0.25) is 0 Å². The van der Waals surface area contributed by atoms with Gasteiger partial charge in [0, 0.05) is 19.5 Å². The number of rotatable bonds is 9. The van der Waals surface area contributed by atoms with Gasteiger partial charge in [0.1, 0.15) is 5.76 Å². The second-order valence-electron chi connectivity index (χ2n) is 5.65. The highest BCUT2D eigenvalue weighted by Gasteiger charge is 2.07. The van der Waals surface area contributed by atoms with Crippen LogP contribution in [-0.4, -0.2) is 30.7 Å². The molecule has 24 heavy (non-hydrogen) atoms. The summed E-state index contributed by atoms with van der Waals surface area (Å²) in [6.07, 6.45) is 4.09. The van der Waals surface area contributed by atoms with Crippen molar-refractivity contribution in [1.29, 1.82) is 0 Å². The van der Waals surface area contributed by atoms with Crippen LogP contribution in [0.4, 0.5) is 0 Å². The topological polar surface area (TPSA) is 69.8 Å². The van der Waals surface area contributed by atoms with E-state index in [1.54, 1.807) is 6.26 Å². The molecule has 1 aromatic heterocycles. The van der Waals surface area contributed by atoms with Crippen molar-refractivity contribution in [2.45, 2.75) is 32.3 Å². The van der Waals surface area contributed by atoms with Crippen molar-refractivity contribution in [3.8, 4) is 0 Å². The predicted octanol–water partition coefficient (Wildman–Crippen LogP) is 2.89. The van der Waals surface area contributed by atoms with Crippen molar-refractivity contribution in [1.82, 2.24) is 10.6 Å². The lowest BCUT2D eigenvalue weighted by atomic mass is 10.1. The van der Waals surface area contributed by atoms with Gasteiger partial charge in [-0.15, -0.1) is 0 Å². The van der Waals surface area contributed by atoms with E-state index in [1.807, 2.05) is 42.5 Å². The van der Waals surface area contributed by atoms with Crippen LogP contribution in [0, 0.1) is 0 Å². The average molecular weight is 329 g/mol. The predicted molar refractivity (Wildman–Crippen MR) is 97.0 cm³/mol. The number of hydrogen-bond acceptors (Lipinski definition) is 3. The molecule has 2 rings (SSSR count). The van der Waals surface area contributed by atoms with E-state index < -0.39 is 6.10 Å². The van der Waals surface area contributed by atoms with E-state index in [-0.39, 0.29) is 0 Å². The van der Waals surface area contributed by atoms with E-state index in [4.69, 9.17) is 4.42 Å². The van der Waals surface area contributed by atoms with Crippen LogP contribution < -0.4 is 10.6 Å². The lowest BCUT2D eigenvalue weighted by Gasteiger charge is -2.14. The van der Waals surface area contributed by atoms with Gasteiger partial charge in [-0.25, -0.2) is 0 Å². The van der Waals surface area contributed by atoms with Crippen molar-refractivity contribution in [2.75, 3.05) is 19.6 Å². The molecule has 3 N–H and O–H groups in total. The maximum atomic E-state index is 10.2. The Morgan fingerprint density at radius 3 is 2.62 bits per heavy atom. The van der Waals surface area contributed by atoms with Crippen molar-refractivity contribution in [3.63, 3.8) is 0 Å². The molecule has 2 aromatic rings. The summed E-state index contributed by atoms with van der Waals surface area (Å²) in [5.41, 5.74) is 0.879. The molecule has 1 unspecified atom stereocenters. The van der Waals surface area contributed by atoms with Crippen LogP contribution in [0.5, 0.6) is 0 Å². The van der Waals surface area contributed by atoms with E-state index >= 15 is 0 Å². The molecular formula is C19H27N3O2. The second-order valence-corrected chi connectivity index (χ2v) is 5.65. The zero-order valence-corrected chi connectivity index (χ0v) is 14.2. The highest BCUT2D eigenvalue weighted by atomic mass is 16.3. The molecule has 0 amide bonds. The van der Waals surface area contributed by atoms with Crippen LogP contribution in [0.25, 0.3) is 0 Å². The molecule has 0 aliphatic carbocycles. The summed E-state index contributed by atoms with van der Waals surface area (Å²) in [7, 11) is 0. The van der Waals surface area contributed by atoms with Gasteiger partial charge in [0.25, 0.3) is 0 Å². The molecule has 1 heterocycles. The van der Waals surface area contributed by atoms with Gasteiger partial charge in [0.05, 0.1) is 18.9 Å². The Balaban J connectivity index is 1.85. The number of aliphatic imine (C=N–C) groups is 1. The Kier molecular flexibility index (Phi) is 7.90. The van der Waals surface area contributed by atoms with Gasteiger partial charge >= 0.3 is 0 Å². The Bertz CT molecular complexity index is 582. The number of guanidine groups is 1. The molecule has 1 aromatic carbocycles. The van der Waals surface area contributed by atoms with Gasteiger partial charge in [-0.3, -0.25) is 4.99 Å². The number of furan rings is 1. The third-order valence-corrected chi connectivity index (χ3v) is 3.67. The van der Waals surface area contributed by atoms with Crippen molar-refractivity contribution in [2.24, 2.45) is 4.99 Å². The van der Waals surface area contributed by atoms with Crippen LogP contribution in [0.1, 0.15) is 37.2 Å². The van der Waals surface area contributed by atoms with Gasteiger partial charge < -0.3 is 20.2 Å². The van der Waals surface area contributed by atoms with Gasteiger partial charge in [-0.1, -0.05) is 43.7 Å². The third-order valence-electron chi connectivity index (χ3n) is 3.67. The summed E-state index contributed by atoms with van der Waals surface area (Å²) in [6, 6.07) is 13.5. The molecule has 5 nitrogen and oxygen atoms in total. The number of aliphatic hydroxyl groups excluding tert-OH is 1. The highest BCUT2D eigenvalue weighted by Crippen LogP contribution is 2.11. The van der Waals surface area contributed by atoms with E-state index in [0.717, 1.165) is 49.6 Å².